The maximum Gasteiger partial charge on any atom is 0.303 e. The van der Waals surface area contributed by atoms with Crippen LogP contribution in [0, 0.1) is 6.92 Å². The minimum absolute atomic E-state index is 0.0389. The molecular formula is C28H30N4O4. The van der Waals surface area contributed by atoms with Crippen molar-refractivity contribution in [2.24, 2.45) is 0 Å². The summed E-state index contributed by atoms with van der Waals surface area (Å²) in [7, 11) is 0. The van der Waals surface area contributed by atoms with Gasteiger partial charge in [0.05, 0.1) is 11.3 Å². The number of nitrogens with one attached hydrogen (secondary N) is 1. The number of carbonyl (C=O) groups is 3. The van der Waals surface area contributed by atoms with Crippen LogP contribution >= 0.6 is 0 Å². The molecule has 1 atom stereocenters. The number of carbonyl (C=O) groups excluding carboxylic acids is 3. The molecule has 0 aliphatic carbocycles. The van der Waals surface area contributed by atoms with Gasteiger partial charge in [-0.1, -0.05) is 36.4 Å². The van der Waals surface area contributed by atoms with Crippen molar-refractivity contribution in [3.05, 3.63) is 95.1 Å². The number of rotatable bonds is 7. The molecule has 2 aromatic heterocycles. The summed E-state index contributed by atoms with van der Waals surface area (Å²) in [6.45, 7) is 4.56. The molecule has 1 aliphatic rings. The lowest BCUT2D eigenvalue weighted by atomic mass is 9.89. The number of nitrogens with zero attached hydrogens (tertiary/aromatic N) is 3. The van der Waals surface area contributed by atoms with Crippen LogP contribution in [0.3, 0.4) is 0 Å². The quantitative estimate of drug-likeness (QED) is 0.511. The minimum Gasteiger partial charge on any atom is -0.447 e. The zero-order valence-corrected chi connectivity index (χ0v) is 20.5. The molecule has 1 N–H and O–H groups in total. The predicted octanol–water partition coefficient (Wildman–Crippen LogP) is 3.73. The first kappa shape index (κ1) is 25.0. The van der Waals surface area contributed by atoms with Crippen LogP contribution in [-0.4, -0.2) is 45.7 Å². The van der Waals surface area contributed by atoms with E-state index in [0.717, 1.165) is 17.0 Å². The third kappa shape index (κ3) is 6.13. The van der Waals surface area contributed by atoms with E-state index in [0.29, 0.717) is 43.6 Å². The molecule has 8 nitrogen and oxygen atoms in total. The van der Waals surface area contributed by atoms with Gasteiger partial charge in [-0.05, 0) is 43.5 Å². The Morgan fingerprint density at radius 3 is 2.47 bits per heavy atom. The normalized spacial score (nSPS) is 14.7. The molecule has 1 saturated heterocycles. The Kier molecular flexibility index (Phi) is 8.05. The largest absolute Gasteiger partial charge is 0.447 e. The fourth-order valence-corrected chi connectivity index (χ4v) is 4.45. The maximum atomic E-state index is 13.3. The average Bonchev–Trinajstić information content (AvgIpc) is 2.91. The Bertz CT molecular complexity index is 1210. The van der Waals surface area contributed by atoms with E-state index in [4.69, 9.17) is 9.72 Å². The van der Waals surface area contributed by atoms with Crippen molar-refractivity contribution in [2.45, 2.75) is 45.3 Å². The highest BCUT2D eigenvalue weighted by Gasteiger charge is 2.33. The molecular weight excluding hydrogens is 456 g/mol. The molecule has 3 aromatic rings. The monoisotopic (exact) mass is 486 g/mol. The number of piperidine rings is 1. The van der Waals surface area contributed by atoms with Crippen LogP contribution in [0.4, 0.5) is 0 Å². The molecule has 1 aliphatic heterocycles. The molecule has 3 heterocycles. The van der Waals surface area contributed by atoms with E-state index in [1.165, 1.54) is 6.92 Å². The number of aromatic nitrogens is 2. The second-order valence-corrected chi connectivity index (χ2v) is 8.93. The van der Waals surface area contributed by atoms with Crippen LogP contribution in [0.5, 0.6) is 0 Å². The Labute approximate surface area is 210 Å². The Hall–Kier alpha value is -4.07. The summed E-state index contributed by atoms with van der Waals surface area (Å²) in [5, 5.41) is 2.96. The lowest BCUT2D eigenvalue weighted by molar-refractivity contribution is -0.159. The summed E-state index contributed by atoms with van der Waals surface area (Å²) in [6, 6.07) is 16.4. The number of esters is 1. The van der Waals surface area contributed by atoms with E-state index in [2.05, 4.69) is 10.3 Å². The maximum absolute atomic E-state index is 13.3. The van der Waals surface area contributed by atoms with Gasteiger partial charge in [-0.2, -0.15) is 0 Å². The summed E-state index contributed by atoms with van der Waals surface area (Å²) < 4.78 is 5.39. The molecule has 0 saturated carbocycles. The molecule has 186 valence electrons. The van der Waals surface area contributed by atoms with Crippen molar-refractivity contribution in [3.8, 4) is 0 Å². The summed E-state index contributed by atoms with van der Waals surface area (Å²) in [4.78, 5) is 48.5. The second-order valence-electron chi connectivity index (χ2n) is 8.93. The molecule has 4 rings (SSSR count). The van der Waals surface area contributed by atoms with Crippen LogP contribution in [0.2, 0.25) is 0 Å². The third-order valence-electron chi connectivity index (χ3n) is 6.29. The van der Waals surface area contributed by atoms with Gasteiger partial charge in [0.1, 0.15) is 0 Å². The van der Waals surface area contributed by atoms with Crippen molar-refractivity contribution in [3.63, 3.8) is 0 Å². The van der Waals surface area contributed by atoms with Gasteiger partial charge in [0.2, 0.25) is 6.10 Å². The highest BCUT2D eigenvalue weighted by atomic mass is 16.5. The number of ether oxygens (including phenoxy) is 1. The zero-order chi connectivity index (χ0) is 25.5. The van der Waals surface area contributed by atoms with Crippen molar-refractivity contribution in [2.75, 3.05) is 13.1 Å². The Balaban J connectivity index is 1.45. The molecule has 0 spiro atoms. The van der Waals surface area contributed by atoms with Gasteiger partial charge in [-0.3, -0.25) is 24.4 Å². The highest BCUT2D eigenvalue weighted by Crippen LogP contribution is 2.31. The van der Waals surface area contributed by atoms with E-state index in [1.807, 2.05) is 49.4 Å². The Morgan fingerprint density at radius 1 is 1.06 bits per heavy atom. The van der Waals surface area contributed by atoms with Crippen molar-refractivity contribution in [1.82, 2.24) is 20.2 Å². The zero-order valence-electron chi connectivity index (χ0n) is 20.5. The average molecular weight is 487 g/mol. The van der Waals surface area contributed by atoms with Crippen LogP contribution in [0.15, 0.2) is 67.0 Å². The first-order valence-electron chi connectivity index (χ1n) is 12.1. The first-order valence-corrected chi connectivity index (χ1v) is 12.1. The minimum atomic E-state index is -0.967. The molecule has 1 aromatic carbocycles. The number of benzene rings is 1. The Morgan fingerprint density at radius 2 is 1.81 bits per heavy atom. The van der Waals surface area contributed by atoms with Gasteiger partial charge in [-0.25, -0.2) is 0 Å². The highest BCUT2D eigenvalue weighted by molar-refractivity contribution is 5.95. The van der Waals surface area contributed by atoms with Crippen LogP contribution < -0.4 is 5.32 Å². The number of amides is 2. The number of likely N-dealkylation sites (tertiary alicyclic amines) is 1. The summed E-state index contributed by atoms with van der Waals surface area (Å²) in [5.41, 5.74) is 3.71. The van der Waals surface area contributed by atoms with Gasteiger partial charge in [0.25, 0.3) is 11.8 Å². The summed E-state index contributed by atoms with van der Waals surface area (Å²) >= 11 is 0. The fourth-order valence-electron chi connectivity index (χ4n) is 4.45. The molecule has 1 unspecified atom stereocenters. The van der Waals surface area contributed by atoms with Crippen LogP contribution in [0.1, 0.15) is 64.7 Å². The molecule has 2 amide bonds. The van der Waals surface area contributed by atoms with Gasteiger partial charge in [0, 0.05) is 56.1 Å². The van der Waals surface area contributed by atoms with E-state index in [9.17, 15) is 14.4 Å². The van der Waals surface area contributed by atoms with Gasteiger partial charge in [0.15, 0.2) is 0 Å². The second kappa shape index (κ2) is 11.6. The molecule has 36 heavy (non-hydrogen) atoms. The van der Waals surface area contributed by atoms with E-state index < -0.39 is 12.1 Å². The molecule has 0 bridgehead atoms. The number of aryl methyl sites for hydroxylation is 1. The van der Waals surface area contributed by atoms with E-state index in [1.54, 1.807) is 29.4 Å². The van der Waals surface area contributed by atoms with Crippen LogP contribution in [0.25, 0.3) is 0 Å². The van der Waals surface area contributed by atoms with Crippen molar-refractivity contribution >= 4 is 17.8 Å². The lowest BCUT2D eigenvalue weighted by Gasteiger charge is -2.34. The van der Waals surface area contributed by atoms with Gasteiger partial charge >= 0.3 is 5.97 Å². The summed E-state index contributed by atoms with van der Waals surface area (Å²) in [6.07, 6.45) is 3.77. The van der Waals surface area contributed by atoms with Gasteiger partial charge in [-0.15, -0.1) is 0 Å². The third-order valence-corrected chi connectivity index (χ3v) is 6.29. The van der Waals surface area contributed by atoms with Crippen LogP contribution in [-0.2, 0) is 20.9 Å². The summed E-state index contributed by atoms with van der Waals surface area (Å²) in [5.74, 6) is -0.879. The lowest BCUT2D eigenvalue weighted by Crippen LogP contribution is -2.42. The van der Waals surface area contributed by atoms with E-state index in [-0.39, 0.29) is 17.7 Å². The van der Waals surface area contributed by atoms with E-state index >= 15 is 0 Å². The fraction of sp³-hybridized carbons (Fsp3) is 0.321. The van der Waals surface area contributed by atoms with Crippen molar-refractivity contribution in [1.29, 1.82) is 0 Å². The topological polar surface area (TPSA) is 101 Å². The van der Waals surface area contributed by atoms with Crippen molar-refractivity contribution < 1.29 is 19.1 Å². The SMILES string of the molecule is CC(=O)OC(C(=O)N1CCC(c2nc(C)ccc2C(=O)NCc2cccnc2)CC1)c1ccccc1. The molecule has 8 heteroatoms. The predicted molar refractivity (Wildman–Crippen MR) is 134 cm³/mol. The standard InChI is InChI=1S/C28H30N4O4/c1-19-10-11-24(27(34)30-18-21-7-6-14-29-17-21)25(31-19)22-12-15-32(16-13-22)28(35)26(36-20(2)33)23-8-4-3-5-9-23/h3-11,14,17,22,26H,12-13,15-16,18H2,1-2H3,(H,30,34). The first-order chi connectivity index (χ1) is 17.4. The number of pyridine rings is 2. The smallest absolute Gasteiger partial charge is 0.303 e. The number of hydrogen-bond acceptors (Lipinski definition) is 6. The molecule has 1 fully saturated rings. The number of hydrogen-bond donors (Lipinski definition) is 1. The molecule has 0 radical (unpaired) electrons. The van der Waals surface area contributed by atoms with Gasteiger partial charge < -0.3 is 15.0 Å².